The maximum absolute atomic E-state index is 13.1. The Bertz CT molecular complexity index is 575. The second kappa shape index (κ2) is 8.35. The lowest BCUT2D eigenvalue weighted by Gasteiger charge is -2.11. The van der Waals surface area contributed by atoms with Crippen molar-refractivity contribution in [3.8, 4) is 11.1 Å². The summed E-state index contributed by atoms with van der Waals surface area (Å²) in [5.74, 6) is -0.405. The third-order valence-electron chi connectivity index (χ3n) is 3.09. The molecule has 0 heterocycles. The third-order valence-corrected chi connectivity index (χ3v) is 3.38. The van der Waals surface area contributed by atoms with E-state index >= 15 is 0 Å². The summed E-state index contributed by atoms with van der Waals surface area (Å²) in [5, 5.41) is 0.133. The van der Waals surface area contributed by atoms with Crippen molar-refractivity contribution in [1.82, 2.24) is 0 Å². The van der Waals surface area contributed by atoms with Crippen LogP contribution in [0.25, 0.3) is 11.1 Å². The van der Waals surface area contributed by atoms with E-state index in [0.29, 0.717) is 6.61 Å². The molecule has 2 rings (SSSR count). The normalized spacial score (nSPS) is 11.8. The quantitative estimate of drug-likeness (QED) is 0.896. The SMILES string of the molecule is COCC(N)Cc1ccc(-c2ccc(F)c(Cl)c2)cc1.Cl. The number of rotatable bonds is 5. The lowest BCUT2D eigenvalue weighted by atomic mass is 10.0. The molecule has 0 aliphatic carbocycles. The minimum absolute atomic E-state index is 0. The molecule has 0 radical (unpaired) electrons. The molecule has 21 heavy (non-hydrogen) atoms. The maximum atomic E-state index is 13.1. The molecule has 0 fully saturated rings. The molecule has 2 nitrogen and oxygen atoms in total. The second-order valence-corrected chi connectivity index (χ2v) is 5.15. The Morgan fingerprint density at radius 1 is 1.14 bits per heavy atom. The smallest absolute Gasteiger partial charge is 0.141 e. The van der Waals surface area contributed by atoms with Gasteiger partial charge in [0.1, 0.15) is 5.82 Å². The standard InChI is InChI=1S/C16H17ClFNO.ClH/c1-20-10-14(19)8-11-2-4-12(5-3-11)13-6-7-16(18)15(17)9-13;/h2-7,9,14H,8,10,19H2,1H3;1H. The molecule has 0 spiro atoms. The van der Waals surface area contributed by atoms with Gasteiger partial charge < -0.3 is 10.5 Å². The Labute approximate surface area is 135 Å². The van der Waals surface area contributed by atoms with Crippen molar-refractivity contribution in [2.24, 2.45) is 5.73 Å². The van der Waals surface area contributed by atoms with Crippen molar-refractivity contribution in [2.45, 2.75) is 12.5 Å². The lowest BCUT2D eigenvalue weighted by molar-refractivity contribution is 0.180. The first-order valence-corrected chi connectivity index (χ1v) is 6.77. The largest absolute Gasteiger partial charge is 0.383 e. The molecule has 1 unspecified atom stereocenters. The predicted octanol–water partition coefficient (Wildman–Crippen LogP) is 4.08. The van der Waals surface area contributed by atoms with Crippen LogP contribution in [-0.2, 0) is 11.2 Å². The predicted molar refractivity (Wildman–Crippen MR) is 87.6 cm³/mol. The molecule has 0 bridgehead atoms. The van der Waals surface area contributed by atoms with Crippen LogP contribution in [0.2, 0.25) is 5.02 Å². The highest BCUT2D eigenvalue weighted by molar-refractivity contribution is 6.31. The van der Waals surface area contributed by atoms with Gasteiger partial charge in [0, 0.05) is 13.2 Å². The Hall–Kier alpha value is -1.13. The van der Waals surface area contributed by atoms with Crippen LogP contribution >= 0.6 is 24.0 Å². The lowest BCUT2D eigenvalue weighted by Crippen LogP contribution is -2.27. The van der Waals surface area contributed by atoms with E-state index in [4.69, 9.17) is 22.1 Å². The van der Waals surface area contributed by atoms with Gasteiger partial charge >= 0.3 is 0 Å². The van der Waals surface area contributed by atoms with E-state index in [-0.39, 0.29) is 23.5 Å². The van der Waals surface area contributed by atoms with Crippen molar-refractivity contribution in [1.29, 1.82) is 0 Å². The van der Waals surface area contributed by atoms with Crippen LogP contribution in [0.15, 0.2) is 42.5 Å². The van der Waals surface area contributed by atoms with Crippen LogP contribution in [-0.4, -0.2) is 19.8 Å². The molecule has 2 aromatic rings. The molecule has 0 amide bonds. The van der Waals surface area contributed by atoms with Gasteiger partial charge in [0.2, 0.25) is 0 Å². The minimum atomic E-state index is -0.405. The Morgan fingerprint density at radius 2 is 1.76 bits per heavy atom. The summed E-state index contributed by atoms with van der Waals surface area (Å²) in [5.41, 5.74) is 8.95. The van der Waals surface area contributed by atoms with Gasteiger partial charge in [-0.25, -0.2) is 4.39 Å². The summed E-state index contributed by atoms with van der Waals surface area (Å²) in [6.45, 7) is 0.537. The Morgan fingerprint density at radius 3 is 2.33 bits per heavy atom. The van der Waals surface area contributed by atoms with Gasteiger partial charge in [0.15, 0.2) is 0 Å². The molecular weight excluding hydrogens is 312 g/mol. The average Bonchev–Trinajstić information content (AvgIpc) is 2.43. The van der Waals surface area contributed by atoms with Crippen LogP contribution in [0.3, 0.4) is 0 Å². The number of methoxy groups -OCH3 is 1. The summed E-state index contributed by atoms with van der Waals surface area (Å²) in [7, 11) is 1.64. The average molecular weight is 330 g/mol. The Balaban J connectivity index is 0.00000220. The fourth-order valence-corrected chi connectivity index (χ4v) is 2.27. The molecular formula is C16H18Cl2FNO. The monoisotopic (exact) mass is 329 g/mol. The first-order chi connectivity index (χ1) is 9.60. The van der Waals surface area contributed by atoms with Crippen molar-refractivity contribution in [2.75, 3.05) is 13.7 Å². The van der Waals surface area contributed by atoms with Crippen LogP contribution in [0.4, 0.5) is 4.39 Å². The van der Waals surface area contributed by atoms with E-state index in [9.17, 15) is 4.39 Å². The van der Waals surface area contributed by atoms with E-state index in [1.807, 2.05) is 24.3 Å². The molecule has 5 heteroatoms. The van der Waals surface area contributed by atoms with Gasteiger partial charge in [-0.3, -0.25) is 0 Å². The maximum Gasteiger partial charge on any atom is 0.141 e. The zero-order valence-corrected chi connectivity index (χ0v) is 13.3. The van der Waals surface area contributed by atoms with Gasteiger partial charge in [-0.15, -0.1) is 12.4 Å². The zero-order valence-electron chi connectivity index (χ0n) is 11.7. The molecule has 0 aliphatic heterocycles. The highest BCUT2D eigenvalue weighted by Gasteiger charge is 2.06. The van der Waals surface area contributed by atoms with Crippen molar-refractivity contribution < 1.29 is 9.13 Å². The molecule has 0 aromatic heterocycles. The summed E-state index contributed by atoms with van der Waals surface area (Å²) < 4.78 is 18.2. The third kappa shape index (κ3) is 4.97. The van der Waals surface area contributed by atoms with E-state index in [1.165, 1.54) is 6.07 Å². The molecule has 0 saturated carbocycles. The van der Waals surface area contributed by atoms with E-state index in [1.54, 1.807) is 19.2 Å². The van der Waals surface area contributed by atoms with Gasteiger partial charge in [-0.1, -0.05) is 41.9 Å². The first kappa shape index (κ1) is 17.9. The molecule has 2 N–H and O–H groups in total. The second-order valence-electron chi connectivity index (χ2n) is 4.75. The highest BCUT2D eigenvalue weighted by Crippen LogP contribution is 2.25. The minimum Gasteiger partial charge on any atom is -0.383 e. The summed E-state index contributed by atoms with van der Waals surface area (Å²) in [6, 6.07) is 12.7. The number of benzene rings is 2. The summed E-state index contributed by atoms with van der Waals surface area (Å²) in [6.07, 6.45) is 0.762. The van der Waals surface area contributed by atoms with Crippen molar-refractivity contribution in [3.05, 3.63) is 58.9 Å². The molecule has 0 saturated heterocycles. The summed E-state index contributed by atoms with van der Waals surface area (Å²) in [4.78, 5) is 0. The topological polar surface area (TPSA) is 35.2 Å². The van der Waals surface area contributed by atoms with Gasteiger partial charge in [0.25, 0.3) is 0 Å². The molecule has 0 aliphatic rings. The number of ether oxygens (including phenoxy) is 1. The Kier molecular flexibility index (Phi) is 7.12. The fraction of sp³-hybridized carbons (Fsp3) is 0.250. The zero-order chi connectivity index (χ0) is 14.5. The van der Waals surface area contributed by atoms with Crippen molar-refractivity contribution >= 4 is 24.0 Å². The van der Waals surface area contributed by atoms with E-state index in [0.717, 1.165) is 23.1 Å². The summed E-state index contributed by atoms with van der Waals surface area (Å²) >= 11 is 5.79. The van der Waals surface area contributed by atoms with Gasteiger partial charge in [-0.2, -0.15) is 0 Å². The van der Waals surface area contributed by atoms with E-state index in [2.05, 4.69) is 0 Å². The fourth-order valence-electron chi connectivity index (χ4n) is 2.08. The van der Waals surface area contributed by atoms with Crippen LogP contribution in [0.5, 0.6) is 0 Å². The highest BCUT2D eigenvalue weighted by atomic mass is 35.5. The number of halogens is 3. The first-order valence-electron chi connectivity index (χ1n) is 6.39. The molecule has 2 aromatic carbocycles. The van der Waals surface area contributed by atoms with Crippen molar-refractivity contribution in [3.63, 3.8) is 0 Å². The number of nitrogens with two attached hydrogens (primary N) is 1. The molecule has 114 valence electrons. The van der Waals surface area contributed by atoms with Crippen LogP contribution < -0.4 is 5.73 Å². The number of hydrogen-bond donors (Lipinski definition) is 1. The van der Waals surface area contributed by atoms with Crippen LogP contribution in [0, 0.1) is 5.82 Å². The van der Waals surface area contributed by atoms with Gasteiger partial charge in [0.05, 0.1) is 11.6 Å². The van der Waals surface area contributed by atoms with Gasteiger partial charge in [-0.05, 0) is 35.2 Å². The number of hydrogen-bond acceptors (Lipinski definition) is 2. The molecule has 1 atom stereocenters. The van der Waals surface area contributed by atoms with E-state index < -0.39 is 5.82 Å². The van der Waals surface area contributed by atoms with Crippen LogP contribution in [0.1, 0.15) is 5.56 Å².